The molecule has 1 amide bonds. The summed E-state index contributed by atoms with van der Waals surface area (Å²) in [4.78, 5) is 17.0. The molecule has 0 atom stereocenters. The highest BCUT2D eigenvalue weighted by Crippen LogP contribution is 2.33. The van der Waals surface area contributed by atoms with Gasteiger partial charge in [-0.05, 0) is 61.9 Å². The zero-order valence-electron chi connectivity index (χ0n) is 16.0. The van der Waals surface area contributed by atoms with Crippen LogP contribution >= 0.6 is 11.3 Å². The molecule has 1 aliphatic rings. The van der Waals surface area contributed by atoms with Crippen LogP contribution < -0.4 is 14.9 Å². The number of anilines is 1. The van der Waals surface area contributed by atoms with Crippen LogP contribution in [-0.2, 0) is 4.79 Å². The van der Waals surface area contributed by atoms with Crippen LogP contribution in [0.4, 0.5) is 5.69 Å². The van der Waals surface area contributed by atoms with Crippen molar-refractivity contribution in [3.8, 4) is 22.8 Å². The van der Waals surface area contributed by atoms with Gasteiger partial charge in [-0.2, -0.15) is 5.10 Å². The van der Waals surface area contributed by atoms with Gasteiger partial charge in [-0.3, -0.25) is 9.79 Å². The number of hydrogen-bond acceptors (Lipinski definition) is 6. The average Bonchev–Trinajstić information content (AvgIpc) is 3.10. The summed E-state index contributed by atoms with van der Waals surface area (Å²) < 4.78 is 7.26. The molecule has 0 saturated carbocycles. The predicted molar refractivity (Wildman–Crippen MR) is 114 cm³/mol. The van der Waals surface area contributed by atoms with E-state index in [4.69, 9.17) is 9.84 Å². The van der Waals surface area contributed by atoms with Crippen molar-refractivity contribution in [2.75, 3.05) is 18.5 Å². The van der Waals surface area contributed by atoms with E-state index in [0.29, 0.717) is 18.0 Å². The second-order valence-corrected chi connectivity index (χ2v) is 7.31. The lowest BCUT2D eigenvalue weighted by molar-refractivity contribution is -0.118. The Morgan fingerprint density at radius 3 is 2.83 bits per heavy atom. The van der Waals surface area contributed by atoms with Crippen molar-refractivity contribution in [1.82, 2.24) is 4.68 Å². The van der Waals surface area contributed by atoms with E-state index in [1.807, 2.05) is 54.2 Å². The number of phenols is 1. The van der Waals surface area contributed by atoms with Crippen LogP contribution in [0.3, 0.4) is 0 Å². The van der Waals surface area contributed by atoms with E-state index in [-0.39, 0.29) is 18.3 Å². The topological polar surface area (TPSA) is 88.2 Å². The van der Waals surface area contributed by atoms with Crippen molar-refractivity contribution in [1.29, 1.82) is 0 Å². The van der Waals surface area contributed by atoms with Gasteiger partial charge in [0.25, 0.3) is 5.91 Å². The number of nitrogens with one attached hydrogen (secondary N) is 1. The Morgan fingerprint density at radius 1 is 1.28 bits per heavy atom. The minimum atomic E-state index is -0.171. The zero-order chi connectivity index (χ0) is 20.4. The second kappa shape index (κ2) is 7.92. The summed E-state index contributed by atoms with van der Waals surface area (Å²) in [6, 6.07) is 12.6. The molecule has 3 aromatic rings. The summed E-state index contributed by atoms with van der Waals surface area (Å²) in [5.41, 5.74) is 4.09. The van der Waals surface area contributed by atoms with E-state index < -0.39 is 0 Å². The number of amides is 1. The van der Waals surface area contributed by atoms with Gasteiger partial charge in [0.15, 0.2) is 6.61 Å². The first-order valence-corrected chi connectivity index (χ1v) is 10.1. The Hall–Kier alpha value is -3.39. The Labute approximate surface area is 171 Å². The minimum Gasteiger partial charge on any atom is -0.508 e. The number of rotatable bonds is 4. The molecule has 0 unspecified atom stereocenters. The molecule has 1 aromatic heterocycles. The Kier molecular flexibility index (Phi) is 5.18. The SMILES string of the molecule is CCN=c1scc(-c2ccc3c(c2)NC(=O)CO3)n1N=C(C)c1ccc(O)cc1. The van der Waals surface area contributed by atoms with Crippen LogP contribution in [0.15, 0.2) is 57.9 Å². The van der Waals surface area contributed by atoms with Gasteiger partial charge in [-0.1, -0.05) is 0 Å². The van der Waals surface area contributed by atoms with Gasteiger partial charge in [-0.25, -0.2) is 4.68 Å². The predicted octanol–water partition coefficient (Wildman–Crippen LogP) is 3.45. The molecular formula is C21H20N4O3S. The Morgan fingerprint density at radius 2 is 2.07 bits per heavy atom. The van der Waals surface area contributed by atoms with E-state index in [1.165, 1.54) is 11.3 Å². The van der Waals surface area contributed by atoms with Crippen LogP contribution in [0.1, 0.15) is 19.4 Å². The van der Waals surface area contributed by atoms with Crippen molar-refractivity contribution in [2.45, 2.75) is 13.8 Å². The number of fused-ring (bicyclic) bond motifs is 1. The van der Waals surface area contributed by atoms with Crippen LogP contribution in [0, 0.1) is 0 Å². The highest BCUT2D eigenvalue weighted by atomic mass is 32.1. The lowest BCUT2D eigenvalue weighted by Crippen LogP contribution is -2.25. The van der Waals surface area contributed by atoms with E-state index in [2.05, 4.69) is 10.3 Å². The normalized spacial score (nSPS) is 14.3. The minimum absolute atomic E-state index is 0.0282. The van der Waals surface area contributed by atoms with Gasteiger partial charge in [-0.15, -0.1) is 11.3 Å². The highest BCUT2D eigenvalue weighted by Gasteiger charge is 2.18. The molecule has 0 fully saturated rings. The van der Waals surface area contributed by atoms with Crippen molar-refractivity contribution >= 4 is 28.6 Å². The number of aromatic nitrogens is 1. The largest absolute Gasteiger partial charge is 0.508 e. The zero-order valence-corrected chi connectivity index (χ0v) is 16.9. The third-order valence-electron chi connectivity index (χ3n) is 4.42. The quantitative estimate of drug-likeness (QED) is 0.648. The van der Waals surface area contributed by atoms with Crippen LogP contribution in [0.25, 0.3) is 11.3 Å². The Balaban J connectivity index is 1.81. The fraction of sp³-hybridized carbons (Fsp3) is 0.190. The number of carbonyl (C=O) groups is 1. The fourth-order valence-electron chi connectivity index (χ4n) is 2.99. The number of phenolic OH excluding ortho intramolecular Hbond substituents is 1. The molecule has 4 rings (SSSR count). The number of benzene rings is 2. The monoisotopic (exact) mass is 408 g/mol. The molecule has 0 bridgehead atoms. The third kappa shape index (κ3) is 3.93. The van der Waals surface area contributed by atoms with Crippen molar-refractivity contribution in [3.63, 3.8) is 0 Å². The van der Waals surface area contributed by atoms with Gasteiger partial charge in [0, 0.05) is 17.5 Å². The molecular weight excluding hydrogens is 388 g/mol. The van der Waals surface area contributed by atoms with E-state index in [9.17, 15) is 9.90 Å². The standard InChI is InChI=1S/C21H20N4O3S/c1-3-22-21-25(24-13(2)14-4-7-16(26)8-5-14)18(12-29-21)15-6-9-19-17(10-15)23-20(27)11-28-19/h4-10,12,26H,3,11H2,1-2H3,(H,23,27). The van der Waals surface area contributed by atoms with Gasteiger partial charge in [0.05, 0.1) is 17.1 Å². The van der Waals surface area contributed by atoms with Crippen molar-refractivity contribution in [3.05, 3.63) is 58.2 Å². The van der Waals surface area contributed by atoms with Crippen LogP contribution in [0.5, 0.6) is 11.5 Å². The maximum Gasteiger partial charge on any atom is 0.262 e. The molecule has 148 valence electrons. The number of nitrogens with zero attached hydrogens (tertiary/aromatic N) is 3. The first-order chi connectivity index (χ1) is 14.0. The van der Waals surface area contributed by atoms with Crippen LogP contribution in [-0.4, -0.2) is 34.6 Å². The second-order valence-electron chi connectivity index (χ2n) is 6.47. The number of thiazole rings is 1. The number of ether oxygens (including phenoxy) is 1. The lowest BCUT2D eigenvalue weighted by Gasteiger charge is -2.18. The third-order valence-corrected chi connectivity index (χ3v) is 5.28. The molecule has 7 nitrogen and oxygen atoms in total. The first-order valence-electron chi connectivity index (χ1n) is 9.18. The van der Waals surface area contributed by atoms with Crippen molar-refractivity contribution < 1.29 is 14.6 Å². The molecule has 0 radical (unpaired) electrons. The number of aromatic hydroxyl groups is 1. The van der Waals surface area contributed by atoms with E-state index in [1.54, 1.807) is 12.1 Å². The van der Waals surface area contributed by atoms with Gasteiger partial charge in [0.2, 0.25) is 4.80 Å². The maximum atomic E-state index is 11.7. The Bertz CT molecular complexity index is 1160. The molecule has 2 N–H and O–H groups in total. The summed E-state index contributed by atoms with van der Waals surface area (Å²) in [5, 5.41) is 19.1. The summed E-state index contributed by atoms with van der Waals surface area (Å²) in [6.07, 6.45) is 0. The van der Waals surface area contributed by atoms with Gasteiger partial charge in [0.1, 0.15) is 11.5 Å². The lowest BCUT2D eigenvalue weighted by atomic mass is 10.1. The average molecular weight is 408 g/mol. The molecule has 0 spiro atoms. The fourth-order valence-corrected chi connectivity index (χ4v) is 3.89. The summed E-state index contributed by atoms with van der Waals surface area (Å²) in [6.45, 7) is 4.56. The maximum absolute atomic E-state index is 11.7. The molecule has 1 aliphatic heterocycles. The number of carbonyl (C=O) groups excluding carboxylic acids is 1. The number of hydrogen-bond donors (Lipinski definition) is 2. The summed E-state index contributed by atoms with van der Waals surface area (Å²) >= 11 is 1.50. The molecule has 2 heterocycles. The van der Waals surface area contributed by atoms with E-state index >= 15 is 0 Å². The molecule has 0 saturated heterocycles. The molecule has 0 aliphatic carbocycles. The van der Waals surface area contributed by atoms with E-state index in [0.717, 1.165) is 27.3 Å². The van der Waals surface area contributed by atoms with Gasteiger partial charge < -0.3 is 15.2 Å². The molecule has 29 heavy (non-hydrogen) atoms. The smallest absolute Gasteiger partial charge is 0.262 e. The van der Waals surface area contributed by atoms with Crippen LogP contribution in [0.2, 0.25) is 0 Å². The highest BCUT2D eigenvalue weighted by molar-refractivity contribution is 7.07. The first kappa shape index (κ1) is 18.9. The van der Waals surface area contributed by atoms with Crippen molar-refractivity contribution in [2.24, 2.45) is 10.1 Å². The van der Waals surface area contributed by atoms with Gasteiger partial charge >= 0.3 is 0 Å². The summed E-state index contributed by atoms with van der Waals surface area (Å²) in [5.74, 6) is 0.693. The summed E-state index contributed by atoms with van der Waals surface area (Å²) in [7, 11) is 0. The molecule has 8 heteroatoms. The molecule has 2 aromatic carbocycles.